The van der Waals surface area contributed by atoms with E-state index in [9.17, 15) is 18.0 Å². The molecule has 0 aliphatic carbocycles. The van der Waals surface area contributed by atoms with Crippen LogP contribution in [0, 0.1) is 6.92 Å². The number of halogens is 3. The zero-order chi connectivity index (χ0) is 30.6. The maximum Gasteiger partial charge on any atom is 0.573 e. The van der Waals surface area contributed by atoms with Gasteiger partial charge in [0.25, 0.3) is 0 Å². The van der Waals surface area contributed by atoms with E-state index in [-0.39, 0.29) is 11.7 Å². The Bertz CT molecular complexity index is 1670. The van der Waals surface area contributed by atoms with Crippen LogP contribution in [-0.2, 0) is 17.6 Å². The number of aliphatic imine (C=N–C) groups is 1. The molecule has 5 rings (SSSR count). The predicted octanol–water partition coefficient (Wildman–Crippen LogP) is 6.26. The molecule has 1 amide bonds. The van der Waals surface area contributed by atoms with Crippen molar-refractivity contribution in [2.24, 2.45) is 4.99 Å². The second-order valence-corrected chi connectivity index (χ2v) is 11.0. The fourth-order valence-corrected chi connectivity index (χ4v) is 5.60. The highest BCUT2D eigenvalue weighted by Gasteiger charge is 2.32. The number of rotatable bonds is 8. The number of hydrogen-bond acceptors (Lipinski definition) is 6. The Morgan fingerprint density at radius 2 is 1.93 bits per heavy atom. The summed E-state index contributed by atoms with van der Waals surface area (Å²) in [5.41, 5.74) is 5.33. The van der Waals surface area contributed by atoms with E-state index >= 15 is 0 Å². The molecule has 1 saturated heterocycles. The summed E-state index contributed by atoms with van der Waals surface area (Å²) in [6, 6.07) is 19.2. The third kappa shape index (κ3) is 7.59. The van der Waals surface area contributed by atoms with Crippen molar-refractivity contribution in [3.8, 4) is 22.8 Å². The van der Waals surface area contributed by atoms with Crippen LogP contribution >= 0.6 is 24.0 Å². The number of aromatic nitrogens is 3. The van der Waals surface area contributed by atoms with Crippen LogP contribution < -0.4 is 15.0 Å². The first kappa shape index (κ1) is 30.2. The molecule has 1 fully saturated rings. The van der Waals surface area contributed by atoms with E-state index in [0.29, 0.717) is 40.5 Å². The van der Waals surface area contributed by atoms with Crippen molar-refractivity contribution in [2.75, 3.05) is 17.2 Å². The van der Waals surface area contributed by atoms with E-state index < -0.39 is 6.36 Å². The lowest BCUT2D eigenvalue weighted by Gasteiger charge is -2.20. The standard InChI is InChI=1S/C30H27F3N6O2S2/c1-3-21-8-7-19(2)15-25(21)39-26(40)17-43-29(39)36-28(42)34-14-13-20-5-4-6-22(16-20)27-35-18-38(37-27)23-9-11-24(12-10-23)41-30(31,32)33/h4-12,15-16,18H,3,13-14,17H2,1-2H3,(H,34,42)/b36-29-. The number of carbonyl (C=O) groups is 1. The van der Waals surface area contributed by atoms with Crippen molar-refractivity contribution in [3.05, 3.63) is 89.7 Å². The summed E-state index contributed by atoms with van der Waals surface area (Å²) in [6.45, 7) is 4.58. The molecule has 0 bridgehead atoms. The molecule has 0 atom stereocenters. The summed E-state index contributed by atoms with van der Waals surface area (Å²) in [6.07, 6.45) is -1.81. The highest BCUT2D eigenvalue weighted by atomic mass is 32.2. The first-order chi connectivity index (χ1) is 20.6. The predicted molar refractivity (Wildman–Crippen MR) is 166 cm³/mol. The lowest BCUT2D eigenvalue weighted by molar-refractivity contribution is -0.274. The molecule has 13 heteroatoms. The molecule has 0 unspecified atom stereocenters. The molecule has 1 aromatic heterocycles. The first-order valence-electron chi connectivity index (χ1n) is 13.4. The minimum atomic E-state index is -4.75. The molecule has 3 aromatic carbocycles. The Hall–Kier alpha value is -4.23. The van der Waals surface area contributed by atoms with Gasteiger partial charge >= 0.3 is 6.36 Å². The third-order valence-corrected chi connectivity index (χ3v) is 7.69. The van der Waals surface area contributed by atoms with Crippen LogP contribution in [0.5, 0.6) is 5.75 Å². The van der Waals surface area contributed by atoms with Gasteiger partial charge in [-0.2, -0.15) is 4.99 Å². The van der Waals surface area contributed by atoms with E-state index in [1.54, 1.807) is 4.90 Å². The van der Waals surface area contributed by atoms with Crippen molar-refractivity contribution in [2.45, 2.75) is 33.1 Å². The van der Waals surface area contributed by atoms with Crippen LogP contribution in [0.15, 0.2) is 78.0 Å². The second kappa shape index (κ2) is 13.0. The topological polar surface area (TPSA) is 84.6 Å². The number of thioether (sulfide) groups is 1. The van der Waals surface area contributed by atoms with Crippen LogP contribution in [0.2, 0.25) is 0 Å². The van der Waals surface area contributed by atoms with Gasteiger partial charge in [0, 0.05) is 12.1 Å². The van der Waals surface area contributed by atoms with E-state index in [1.165, 1.54) is 47.0 Å². The monoisotopic (exact) mass is 624 g/mol. The van der Waals surface area contributed by atoms with Crippen LogP contribution in [0.1, 0.15) is 23.6 Å². The summed E-state index contributed by atoms with van der Waals surface area (Å²) < 4.78 is 42.7. The van der Waals surface area contributed by atoms with Gasteiger partial charge in [0.1, 0.15) is 12.1 Å². The fourth-order valence-electron chi connectivity index (χ4n) is 4.49. The van der Waals surface area contributed by atoms with Gasteiger partial charge in [-0.05, 0) is 85.1 Å². The fraction of sp³-hybridized carbons (Fsp3) is 0.233. The van der Waals surface area contributed by atoms with Crippen LogP contribution in [0.25, 0.3) is 17.1 Å². The van der Waals surface area contributed by atoms with Gasteiger partial charge in [-0.15, -0.1) is 18.3 Å². The molecular weight excluding hydrogens is 597 g/mol. The van der Waals surface area contributed by atoms with Gasteiger partial charge < -0.3 is 10.1 Å². The molecule has 2 heterocycles. The summed E-state index contributed by atoms with van der Waals surface area (Å²) in [5, 5.41) is 8.50. The molecule has 0 saturated carbocycles. The SMILES string of the molecule is CCc1ccc(C)cc1N1C(=O)CS/C1=N\C(=S)NCCc1cccc(-c2ncn(-c3ccc(OC(F)(F)F)cc3)n2)c1. The summed E-state index contributed by atoms with van der Waals surface area (Å²) in [4.78, 5) is 23.3. The number of nitrogens with zero attached hydrogens (tertiary/aromatic N) is 5. The Balaban J connectivity index is 1.20. The summed E-state index contributed by atoms with van der Waals surface area (Å²) in [7, 11) is 0. The maximum absolute atomic E-state index is 12.7. The quantitative estimate of drug-likeness (QED) is 0.232. The third-order valence-electron chi connectivity index (χ3n) is 6.53. The number of alkyl halides is 3. The van der Waals surface area contributed by atoms with E-state index in [2.05, 4.69) is 32.1 Å². The van der Waals surface area contributed by atoms with Gasteiger partial charge in [0.15, 0.2) is 16.1 Å². The number of nitrogens with one attached hydrogen (secondary N) is 1. The summed E-state index contributed by atoms with van der Waals surface area (Å²) >= 11 is 6.85. The number of benzene rings is 3. The first-order valence-corrected chi connectivity index (χ1v) is 14.8. The highest BCUT2D eigenvalue weighted by molar-refractivity contribution is 8.15. The van der Waals surface area contributed by atoms with Crippen molar-refractivity contribution in [1.82, 2.24) is 20.1 Å². The lowest BCUT2D eigenvalue weighted by Crippen LogP contribution is -2.32. The maximum atomic E-state index is 12.7. The molecule has 0 spiro atoms. The molecule has 222 valence electrons. The van der Waals surface area contributed by atoms with E-state index in [4.69, 9.17) is 12.2 Å². The minimum Gasteiger partial charge on any atom is -0.406 e. The van der Waals surface area contributed by atoms with Crippen LogP contribution in [0.3, 0.4) is 0 Å². The van der Waals surface area contributed by atoms with Crippen LogP contribution in [0.4, 0.5) is 18.9 Å². The molecule has 0 radical (unpaired) electrons. The number of amides is 1. The zero-order valence-corrected chi connectivity index (χ0v) is 24.9. The lowest BCUT2D eigenvalue weighted by atomic mass is 10.1. The number of thiocarbonyl (C=S) groups is 1. The molecule has 1 aliphatic heterocycles. The number of carbonyl (C=O) groups excluding carboxylic acids is 1. The number of anilines is 1. The molecule has 1 N–H and O–H groups in total. The molecule has 1 aliphatic rings. The number of aryl methyl sites for hydroxylation is 2. The van der Waals surface area contributed by atoms with Gasteiger partial charge in [-0.25, -0.2) is 9.67 Å². The zero-order valence-electron chi connectivity index (χ0n) is 23.3. The molecule has 4 aromatic rings. The normalized spacial score (nSPS) is 14.4. The molecule has 43 heavy (non-hydrogen) atoms. The van der Waals surface area contributed by atoms with Crippen molar-refractivity contribution in [1.29, 1.82) is 0 Å². The summed E-state index contributed by atoms with van der Waals surface area (Å²) in [5.74, 6) is 0.450. The average molecular weight is 625 g/mol. The van der Waals surface area contributed by atoms with E-state index in [0.717, 1.165) is 34.4 Å². The van der Waals surface area contributed by atoms with Crippen LogP contribution in [-0.4, -0.2) is 49.6 Å². The van der Waals surface area contributed by atoms with Gasteiger partial charge in [-0.3, -0.25) is 9.69 Å². The van der Waals surface area contributed by atoms with Gasteiger partial charge in [-0.1, -0.05) is 49.0 Å². The van der Waals surface area contributed by atoms with E-state index in [1.807, 2.05) is 49.4 Å². The largest absolute Gasteiger partial charge is 0.573 e. The smallest absolute Gasteiger partial charge is 0.406 e. The minimum absolute atomic E-state index is 0.0211. The average Bonchev–Trinajstić information content (AvgIpc) is 3.60. The molecule has 8 nitrogen and oxygen atoms in total. The highest BCUT2D eigenvalue weighted by Crippen LogP contribution is 2.31. The van der Waals surface area contributed by atoms with Gasteiger partial charge in [0.05, 0.1) is 17.1 Å². The Kier molecular flexibility index (Phi) is 9.11. The Morgan fingerprint density at radius 1 is 1.14 bits per heavy atom. The van der Waals surface area contributed by atoms with Crippen molar-refractivity contribution >= 4 is 45.9 Å². The Morgan fingerprint density at radius 3 is 2.67 bits per heavy atom. The Labute approximate surface area is 256 Å². The second-order valence-electron chi connectivity index (χ2n) is 9.63. The van der Waals surface area contributed by atoms with Gasteiger partial charge in [0.2, 0.25) is 5.91 Å². The number of amidine groups is 1. The molecular formula is C30H27F3N6O2S2. The van der Waals surface area contributed by atoms with Crippen molar-refractivity contribution in [3.63, 3.8) is 0 Å². The number of ether oxygens (including phenoxy) is 1. The number of hydrogen-bond donors (Lipinski definition) is 1. The van der Waals surface area contributed by atoms with Crippen molar-refractivity contribution < 1.29 is 22.7 Å².